The summed E-state index contributed by atoms with van der Waals surface area (Å²) in [7, 11) is 0. The smallest absolute Gasteiger partial charge is 0.343 e. The molecule has 0 saturated heterocycles. The van der Waals surface area contributed by atoms with E-state index in [2.05, 4.69) is 29.8 Å². The van der Waals surface area contributed by atoms with Crippen LogP contribution in [0, 0.1) is 5.92 Å². The molecule has 144 valence electrons. The third kappa shape index (κ3) is 6.40. The first kappa shape index (κ1) is 21.0. The van der Waals surface area contributed by atoms with Crippen molar-refractivity contribution in [2.24, 2.45) is 5.92 Å². The molecule has 27 heavy (non-hydrogen) atoms. The van der Waals surface area contributed by atoms with E-state index in [-0.39, 0.29) is 17.9 Å². The van der Waals surface area contributed by atoms with Gasteiger partial charge in [0.2, 0.25) is 0 Å². The van der Waals surface area contributed by atoms with Crippen LogP contribution in [0.2, 0.25) is 0 Å². The Labute approximate surface area is 167 Å². The lowest BCUT2D eigenvalue weighted by molar-refractivity contribution is 0.0520. The van der Waals surface area contributed by atoms with Gasteiger partial charge in [0, 0.05) is 4.47 Å². The quantitative estimate of drug-likeness (QED) is 0.418. The standard InChI is InChI=1S/C21H23BrO5/c1-4-25-21(24)18-13-16(22)7-10-19(18)27-20(23)15-5-8-17(9-6-15)26-12-11-14(2)3/h5-10,13-14H,4,11-12H2,1-3H3. The summed E-state index contributed by atoms with van der Waals surface area (Å²) in [6, 6.07) is 11.5. The zero-order valence-corrected chi connectivity index (χ0v) is 17.2. The molecular formula is C21H23BrO5. The summed E-state index contributed by atoms with van der Waals surface area (Å²) in [5, 5.41) is 0. The van der Waals surface area contributed by atoms with E-state index >= 15 is 0 Å². The number of rotatable bonds is 8. The summed E-state index contributed by atoms with van der Waals surface area (Å²) < 4.78 is 16.7. The average Bonchev–Trinajstić information content (AvgIpc) is 2.63. The minimum absolute atomic E-state index is 0.152. The van der Waals surface area contributed by atoms with Crippen LogP contribution in [0.3, 0.4) is 0 Å². The summed E-state index contributed by atoms with van der Waals surface area (Å²) in [5.74, 6) is 0.313. The fourth-order valence-corrected chi connectivity index (χ4v) is 2.58. The molecule has 2 aromatic rings. The van der Waals surface area contributed by atoms with E-state index in [4.69, 9.17) is 14.2 Å². The van der Waals surface area contributed by atoms with Gasteiger partial charge in [0.25, 0.3) is 0 Å². The fourth-order valence-electron chi connectivity index (χ4n) is 2.22. The van der Waals surface area contributed by atoms with Crippen molar-refractivity contribution in [2.45, 2.75) is 27.2 Å². The van der Waals surface area contributed by atoms with Crippen LogP contribution in [-0.4, -0.2) is 25.2 Å². The van der Waals surface area contributed by atoms with E-state index in [0.717, 1.165) is 6.42 Å². The van der Waals surface area contributed by atoms with Crippen LogP contribution < -0.4 is 9.47 Å². The van der Waals surface area contributed by atoms with Crippen molar-refractivity contribution in [1.29, 1.82) is 0 Å². The van der Waals surface area contributed by atoms with Crippen molar-refractivity contribution >= 4 is 27.9 Å². The number of hydrogen-bond acceptors (Lipinski definition) is 5. The van der Waals surface area contributed by atoms with Crippen LogP contribution in [0.25, 0.3) is 0 Å². The maximum absolute atomic E-state index is 12.4. The molecule has 0 unspecified atom stereocenters. The second-order valence-corrected chi connectivity index (χ2v) is 7.22. The molecule has 0 radical (unpaired) electrons. The molecule has 5 nitrogen and oxygen atoms in total. The summed E-state index contributed by atoms with van der Waals surface area (Å²) in [4.78, 5) is 24.5. The van der Waals surface area contributed by atoms with Gasteiger partial charge in [0.15, 0.2) is 0 Å². The molecule has 0 aliphatic heterocycles. The van der Waals surface area contributed by atoms with Gasteiger partial charge in [-0.1, -0.05) is 29.8 Å². The van der Waals surface area contributed by atoms with Gasteiger partial charge in [-0.3, -0.25) is 0 Å². The maximum atomic E-state index is 12.4. The molecule has 0 spiro atoms. The summed E-state index contributed by atoms with van der Waals surface area (Å²) >= 11 is 3.30. The Morgan fingerprint density at radius 1 is 1.04 bits per heavy atom. The predicted octanol–water partition coefficient (Wildman–Crippen LogP) is 5.27. The Hall–Kier alpha value is -2.34. The highest BCUT2D eigenvalue weighted by molar-refractivity contribution is 9.10. The van der Waals surface area contributed by atoms with Crippen molar-refractivity contribution < 1.29 is 23.8 Å². The van der Waals surface area contributed by atoms with Crippen LogP contribution in [-0.2, 0) is 4.74 Å². The minimum atomic E-state index is -0.559. The highest BCUT2D eigenvalue weighted by Gasteiger charge is 2.18. The zero-order chi connectivity index (χ0) is 19.8. The molecule has 0 aromatic heterocycles. The Morgan fingerprint density at radius 3 is 2.37 bits per heavy atom. The molecule has 0 fully saturated rings. The van der Waals surface area contributed by atoms with Gasteiger partial charge in [-0.2, -0.15) is 0 Å². The second-order valence-electron chi connectivity index (χ2n) is 6.31. The van der Waals surface area contributed by atoms with Gasteiger partial charge < -0.3 is 14.2 Å². The zero-order valence-electron chi connectivity index (χ0n) is 15.7. The molecule has 0 amide bonds. The van der Waals surface area contributed by atoms with Crippen LogP contribution in [0.5, 0.6) is 11.5 Å². The molecule has 0 atom stereocenters. The van der Waals surface area contributed by atoms with E-state index in [0.29, 0.717) is 28.3 Å². The van der Waals surface area contributed by atoms with E-state index in [1.54, 1.807) is 49.4 Å². The van der Waals surface area contributed by atoms with E-state index in [1.165, 1.54) is 0 Å². The van der Waals surface area contributed by atoms with Crippen LogP contribution in [0.15, 0.2) is 46.9 Å². The summed E-state index contributed by atoms with van der Waals surface area (Å²) in [6.45, 7) is 6.84. The molecule has 2 rings (SSSR count). The van der Waals surface area contributed by atoms with Gasteiger partial charge in [-0.05, 0) is 61.7 Å². The van der Waals surface area contributed by atoms with Gasteiger partial charge in [-0.25, -0.2) is 9.59 Å². The molecule has 2 aromatic carbocycles. The van der Waals surface area contributed by atoms with E-state index in [1.807, 2.05) is 0 Å². The number of esters is 2. The average molecular weight is 435 g/mol. The van der Waals surface area contributed by atoms with Crippen molar-refractivity contribution in [3.8, 4) is 11.5 Å². The van der Waals surface area contributed by atoms with Crippen molar-refractivity contribution in [3.05, 3.63) is 58.1 Å². The third-order valence-electron chi connectivity index (χ3n) is 3.69. The highest BCUT2D eigenvalue weighted by atomic mass is 79.9. The molecule has 0 aliphatic carbocycles. The minimum Gasteiger partial charge on any atom is -0.494 e. The van der Waals surface area contributed by atoms with Crippen molar-refractivity contribution in [3.63, 3.8) is 0 Å². The van der Waals surface area contributed by atoms with Crippen molar-refractivity contribution in [1.82, 2.24) is 0 Å². The van der Waals surface area contributed by atoms with Crippen molar-refractivity contribution in [2.75, 3.05) is 13.2 Å². The van der Waals surface area contributed by atoms with Crippen LogP contribution >= 0.6 is 15.9 Å². The Balaban J connectivity index is 2.08. The van der Waals surface area contributed by atoms with Gasteiger partial charge in [0.05, 0.1) is 18.8 Å². The largest absolute Gasteiger partial charge is 0.494 e. The van der Waals surface area contributed by atoms with Crippen LogP contribution in [0.4, 0.5) is 0 Å². The first-order valence-corrected chi connectivity index (χ1v) is 9.61. The number of benzene rings is 2. The highest BCUT2D eigenvalue weighted by Crippen LogP contribution is 2.25. The Morgan fingerprint density at radius 2 is 1.74 bits per heavy atom. The van der Waals surface area contributed by atoms with E-state index < -0.39 is 11.9 Å². The number of carbonyl (C=O) groups is 2. The molecule has 0 N–H and O–H groups in total. The van der Waals surface area contributed by atoms with Gasteiger partial charge >= 0.3 is 11.9 Å². The first-order valence-electron chi connectivity index (χ1n) is 8.82. The molecule has 0 bridgehead atoms. The molecule has 0 saturated carbocycles. The number of ether oxygens (including phenoxy) is 3. The number of carbonyl (C=O) groups excluding carboxylic acids is 2. The third-order valence-corrected chi connectivity index (χ3v) is 4.19. The first-order chi connectivity index (χ1) is 12.9. The lowest BCUT2D eigenvalue weighted by Crippen LogP contribution is -2.13. The Kier molecular flexibility index (Phi) is 7.85. The molecule has 6 heteroatoms. The molecular weight excluding hydrogens is 412 g/mol. The number of halogens is 1. The monoisotopic (exact) mass is 434 g/mol. The topological polar surface area (TPSA) is 61.8 Å². The molecule has 0 heterocycles. The predicted molar refractivity (Wildman–Crippen MR) is 106 cm³/mol. The SMILES string of the molecule is CCOC(=O)c1cc(Br)ccc1OC(=O)c1ccc(OCCC(C)C)cc1. The Bertz CT molecular complexity index is 784. The number of hydrogen-bond donors (Lipinski definition) is 0. The summed E-state index contributed by atoms with van der Waals surface area (Å²) in [6.07, 6.45) is 0.962. The second kappa shape index (κ2) is 10.1. The molecule has 0 aliphatic rings. The van der Waals surface area contributed by atoms with Crippen LogP contribution in [0.1, 0.15) is 47.9 Å². The van der Waals surface area contributed by atoms with Gasteiger partial charge in [0.1, 0.15) is 17.1 Å². The summed E-state index contributed by atoms with van der Waals surface area (Å²) in [5.41, 5.74) is 0.553. The van der Waals surface area contributed by atoms with Gasteiger partial charge in [-0.15, -0.1) is 0 Å². The van der Waals surface area contributed by atoms with E-state index in [9.17, 15) is 9.59 Å². The normalized spacial score (nSPS) is 10.6. The maximum Gasteiger partial charge on any atom is 0.343 e. The fraction of sp³-hybridized carbons (Fsp3) is 0.333. The lowest BCUT2D eigenvalue weighted by Gasteiger charge is -2.11. The lowest BCUT2D eigenvalue weighted by atomic mass is 10.1.